The van der Waals surface area contributed by atoms with E-state index in [4.69, 9.17) is 0 Å². The molecular weight excluding hydrogens is 248 g/mol. The Balaban J connectivity index is 2.08. The molecule has 0 aliphatic carbocycles. The normalized spacial score (nSPS) is 10.6. The molecule has 0 saturated heterocycles. The van der Waals surface area contributed by atoms with Crippen LogP contribution in [0, 0.1) is 13.8 Å². The van der Waals surface area contributed by atoms with Gasteiger partial charge in [-0.15, -0.1) is 0 Å². The van der Waals surface area contributed by atoms with Crippen molar-refractivity contribution in [2.24, 2.45) is 0 Å². The van der Waals surface area contributed by atoms with Gasteiger partial charge in [0.15, 0.2) is 5.78 Å². The van der Waals surface area contributed by atoms with Crippen molar-refractivity contribution in [3.05, 3.63) is 52.8 Å². The number of aromatic nitrogens is 1. The number of ketones is 1. The lowest BCUT2D eigenvalue weighted by atomic mass is 10.1. The molecule has 0 radical (unpaired) electrons. The number of nitrogens with zero attached hydrogens (tertiary/aromatic N) is 1. The van der Waals surface area contributed by atoms with E-state index >= 15 is 0 Å². The molecule has 1 N–H and O–H groups in total. The van der Waals surface area contributed by atoms with Crippen LogP contribution in [0.1, 0.15) is 34.2 Å². The molecule has 1 heterocycles. The number of carbonyl (C=O) groups is 1. The lowest BCUT2D eigenvalue weighted by Crippen LogP contribution is -2.25. The second-order valence-corrected chi connectivity index (χ2v) is 5.29. The fraction of sp³-hybridized carbons (Fsp3) is 0.353. The van der Waals surface area contributed by atoms with Crippen molar-refractivity contribution >= 4 is 11.5 Å². The fourth-order valence-electron chi connectivity index (χ4n) is 2.39. The molecule has 0 aliphatic rings. The summed E-state index contributed by atoms with van der Waals surface area (Å²) in [4.78, 5) is 17.5. The first-order valence-electron chi connectivity index (χ1n) is 7.00. The van der Waals surface area contributed by atoms with Gasteiger partial charge in [0.05, 0.1) is 6.54 Å². The first kappa shape index (κ1) is 14.4. The Morgan fingerprint density at radius 3 is 2.35 bits per heavy atom. The minimum Gasteiger partial charge on any atom is -0.367 e. The highest BCUT2D eigenvalue weighted by atomic mass is 16.1. The van der Waals surface area contributed by atoms with E-state index in [0.717, 1.165) is 29.1 Å². The average molecular weight is 270 g/mol. The van der Waals surface area contributed by atoms with Crippen LogP contribution in [0.3, 0.4) is 0 Å². The molecule has 20 heavy (non-hydrogen) atoms. The molecule has 0 unspecified atom stereocenters. The third kappa shape index (κ3) is 3.10. The first-order chi connectivity index (χ1) is 9.51. The highest BCUT2D eigenvalue weighted by molar-refractivity contribution is 6.00. The lowest BCUT2D eigenvalue weighted by molar-refractivity contribution is 0.1000. The van der Waals surface area contributed by atoms with Crippen molar-refractivity contribution < 1.29 is 4.79 Å². The minimum atomic E-state index is 0.147. The summed E-state index contributed by atoms with van der Waals surface area (Å²) in [6, 6.07) is 10.3. The summed E-state index contributed by atoms with van der Waals surface area (Å²) >= 11 is 0. The number of benzene rings is 1. The van der Waals surface area contributed by atoms with E-state index < -0.39 is 0 Å². The smallest absolute Gasteiger partial charge is 0.183 e. The Hall–Kier alpha value is -2.03. The molecule has 2 rings (SSSR count). The number of likely N-dealkylation sites (N-methyl/N-ethyl adjacent to an activating group) is 1. The molecule has 0 saturated carbocycles. The molecule has 0 amide bonds. The summed E-state index contributed by atoms with van der Waals surface area (Å²) in [5.74, 6) is 0.147. The Labute approximate surface area is 120 Å². The Kier molecular flexibility index (Phi) is 4.28. The maximum absolute atomic E-state index is 12.3. The number of Topliss-reactive ketones (excluding diaryl/α,β-unsaturated/α-hetero) is 1. The summed E-state index contributed by atoms with van der Waals surface area (Å²) < 4.78 is 0. The van der Waals surface area contributed by atoms with Crippen LogP contribution >= 0.6 is 0 Å². The third-order valence-corrected chi connectivity index (χ3v) is 3.62. The predicted molar refractivity (Wildman–Crippen MR) is 83.7 cm³/mol. The van der Waals surface area contributed by atoms with E-state index in [1.807, 2.05) is 31.9 Å². The number of aromatic amines is 1. The van der Waals surface area contributed by atoms with Gasteiger partial charge in [-0.3, -0.25) is 4.79 Å². The van der Waals surface area contributed by atoms with E-state index in [2.05, 4.69) is 36.2 Å². The molecule has 3 nitrogen and oxygen atoms in total. The second-order valence-electron chi connectivity index (χ2n) is 5.29. The zero-order chi connectivity index (χ0) is 14.7. The summed E-state index contributed by atoms with van der Waals surface area (Å²) in [7, 11) is 1.95. The van der Waals surface area contributed by atoms with Gasteiger partial charge in [-0.2, -0.15) is 0 Å². The summed E-state index contributed by atoms with van der Waals surface area (Å²) in [6.45, 7) is 6.44. The van der Waals surface area contributed by atoms with Gasteiger partial charge in [0.2, 0.25) is 0 Å². The molecule has 2 aromatic rings. The predicted octanol–water partition coefficient (Wildman–Crippen LogP) is 3.51. The standard InChI is InChI=1S/C17H22N2O/c1-5-14-6-8-15(9-7-14)19(4)11-17(20)16-10-12(2)18-13(16)3/h6-10,18H,5,11H2,1-4H3. The van der Waals surface area contributed by atoms with E-state index in [9.17, 15) is 4.79 Å². The number of nitrogens with one attached hydrogen (secondary N) is 1. The van der Waals surface area contributed by atoms with Crippen molar-refractivity contribution in [1.29, 1.82) is 0 Å². The summed E-state index contributed by atoms with van der Waals surface area (Å²) in [5, 5.41) is 0. The molecule has 1 aromatic carbocycles. The molecular formula is C17H22N2O. The molecule has 0 aliphatic heterocycles. The largest absolute Gasteiger partial charge is 0.367 e. The lowest BCUT2D eigenvalue weighted by Gasteiger charge is -2.18. The number of anilines is 1. The van der Waals surface area contributed by atoms with Crippen molar-refractivity contribution in [1.82, 2.24) is 4.98 Å². The third-order valence-electron chi connectivity index (χ3n) is 3.62. The van der Waals surface area contributed by atoms with E-state index in [0.29, 0.717) is 6.54 Å². The van der Waals surface area contributed by atoms with Gasteiger partial charge in [-0.25, -0.2) is 0 Å². The SMILES string of the molecule is CCc1ccc(N(C)CC(=O)c2cc(C)[nH]c2C)cc1. The average Bonchev–Trinajstić information content (AvgIpc) is 2.78. The topological polar surface area (TPSA) is 36.1 Å². The monoisotopic (exact) mass is 270 g/mol. The zero-order valence-corrected chi connectivity index (χ0v) is 12.7. The Morgan fingerprint density at radius 1 is 1.20 bits per heavy atom. The van der Waals surface area contributed by atoms with Crippen LogP contribution < -0.4 is 4.90 Å². The summed E-state index contributed by atoms with van der Waals surface area (Å²) in [6.07, 6.45) is 1.03. The second kappa shape index (κ2) is 5.95. The van der Waals surface area contributed by atoms with Crippen LogP contribution in [0.2, 0.25) is 0 Å². The van der Waals surface area contributed by atoms with Crippen LogP contribution in [-0.2, 0) is 6.42 Å². The van der Waals surface area contributed by atoms with Crippen LogP contribution in [0.5, 0.6) is 0 Å². The molecule has 0 fully saturated rings. The van der Waals surface area contributed by atoms with Crippen LogP contribution in [0.25, 0.3) is 0 Å². The first-order valence-corrected chi connectivity index (χ1v) is 7.00. The van der Waals surface area contributed by atoms with E-state index in [1.165, 1.54) is 5.56 Å². The maximum Gasteiger partial charge on any atom is 0.183 e. The highest BCUT2D eigenvalue weighted by Gasteiger charge is 2.14. The van der Waals surface area contributed by atoms with Crippen LogP contribution in [0.15, 0.2) is 30.3 Å². The van der Waals surface area contributed by atoms with Gasteiger partial charge in [0.25, 0.3) is 0 Å². The van der Waals surface area contributed by atoms with Crippen molar-refractivity contribution in [3.63, 3.8) is 0 Å². The van der Waals surface area contributed by atoms with Crippen molar-refractivity contribution in [2.45, 2.75) is 27.2 Å². The summed E-state index contributed by atoms with van der Waals surface area (Å²) in [5.41, 5.74) is 5.15. The molecule has 1 aromatic heterocycles. The zero-order valence-electron chi connectivity index (χ0n) is 12.7. The van der Waals surface area contributed by atoms with Crippen LogP contribution in [0.4, 0.5) is 5.69 Å². The Bertz CT molecular complexity index is 596. The minimum absolute atomic E-state index is 0.147. The van der Waals surface area contributed by atoms with Crippen molar-refractivity contribution in [2.75, 3.05) is 18.5 Å². The van der Waals surface area contributed by atoms with Gasteiger partial charge >= 0.3 is 0 Å². The molecule has 0 bridgehead atoms. The molecule has 0 atom stereocenters. The number of aryl methyl sites for hydroxylation is 3. The van der Waals surface area contributed by atoms with Crippen LogP contribution in [-0.4, -0.2) is 24.4 Å². The van der Waals surface area contributed by atoms with Gasteiger partial charge in [0.1, 0.15) is 0 Å². The Morgan fingerprint density at radius 2 is 1.85 bits per heavy atom. The van der Waals surface area contributed by atoms with E-state index in [-0.39, 0.29) is 5.78 Å². The highest BCUT2D eigenvalue weighted by Crippen LogP contribution is 2.16. The number of rotatable bonds is 5. The fourth-order valence-corrected chi connectivity index (χ4v) is 2.39. The molecule has 0 spiro atoms. The quantitative estimate of drug-likeness (QED) is 0.844. The van der Waals surface area contributed by atoms with Gasteiger partial charge in [-0.1, -0.05) is 19.1 Å². The number of carbonyl (C=O) groups excluding carboxylic acids is 1. The maximum atomic E-state index is 12.3. The van der Waals surface area contributed by atoms with Gasteiger partial charge in [-0.05, 0) is 44.0 Å². The molecule has 3 heteroatoms. The van der Waals surface area contributed by atoms with Gasteiger partial charge < -0.3 is 9.88 Å². The number of hydrogen-bond donors (Lipinski definition) is 1. The van der Waals surface area contributed by atoms with Gasteiger partial charge in [0, 0.05) is 29.7 Å². The van der Waals surface area contributed by atoms with E-state index in [1.54, 1.807) is 0 Å². The molecule has 106 valence electrons. The number of H-pyrrole nitrogens is 1. The van der Waals surface area contributed by atoms with Crippen molar-refractivity contribution in [3.8, 4) is 0 Å². The number of hydrogen-bond acceptors (Lipinski definition) is 2.